The number of nitrogens with zero attached hydrogens (tertiary/aromatic N) is 4. The Hall–Kier alpha value is -5.31. The number of hydrogen-bond acceptors (Lipinski definition) is 9. The fourth-order valence-corrected chi connectivity index (χ4v) is 10.7. The highest BCUT2D eigenvalue weighted by atomic mass is 32.2. The molecule has 56 heavy (non-hydrogen) atoms. The number of aliphatic hydroxyl groups excluding tert-OH is 1. The molecule has 7 aromatic rings. The second kappa shape index (κ2) is 16.8. The number of carbonyl (C=O) groups is 2. The molecule has 10 nitrogen and oxygen atoms in total. The van der Waals surface area contributed by atoms with Gasteiger partial charge < -0.3 is 15.3 Å². The zero-order chi connectivity index (χ0) is 39.4. The highest BCUT2D eigenvalue weighted by Gasteiger charge is 2.38. The van der Waals surface area contributed by atoms with Crippen molar-refractivity contribution in [2.75, 3.05) is 25.1 Å². The third-order valence-corrected chi connectivity index (χ3v) is 13.6. The Morgan fingerprint density at radius 2 is 1.55 bits per heavy atom. The molecular weight excluding hydrogens is 763 g/mol. The van der Waals surface area contributed by atoms with Gasteiger partial charge in [0, 0.05) is 41.5 Å². The first-order valence-corrected chi connectivity index (χ1v) is 21.3. The van der Waals surface area contributed by atoms with Crippen molar-refractivity contribution in [3.8, 4) is 0 Å². The molecule has 0 saturated heterocycles. The number of sulfonamides is 1. The number of hydrogen-bond donors (Lipinski definition) is 2. The number of thiazole rings is 1. The summed E-state index contributed by atoms with van der Waals surface area (Å²) in [4.78, 5) is 40.0. The van der Waals surface area contributed by atoms with Crippen LogP contribution in [0.2, 0.25) is 0 Å². The molecule has 2 amide bonds. The zero-order valence-electron chi connectivity index (χ0n) is 31.0. The number of aliphatic hydroxyl groups is 1. The first-order chi connectivity index (χ1) is 27.1. The topological polar surface area (TPSA) is 133 Å². The third-order valence-electron chi connectivity index (χ3n) is 9.68. The van der Waals surface area contributed by atoms with Crippen LogP contribution < -0.4 is 10.2 Å². The normalized spacial score (nSPS) is 13.5. The van der Waals surface area contributed by atoms with E-state index >= 15 is 4.79 Å². The van der Waals surface area contributed by atoms with E-state index in [0.29, 0.717) is 21.0 Å². The highest BCUT2D eigenvalue weighted by molar-refractivity contribution is 7.89. The van der Waals surface area contributed by atoms with Crippen molar-refractivity contribution in [2.45, 2.75) is 36.7 Å². The molecule has 286 valence electrons. The summed E-state index contributed by atoms with van der Waals surface area (Å²) in [5.74, 6) is -1.47. The molecule has 0 fully saturated rings. The number of likely N-dealkylation sites (N-methyl/N-ethyl adjacent to an activating group) is 1. The van der Waals surface area contributed by atoms with Crippen molar-refractivity contribution in [3.05, 3.63) is 155 Å². The molecule has 0 spiro atoms. The third kappa shape index (κ3) is 7.99. The van der Waals surface area contributed by atoms with Gasteiger partial charge in [-0.05, 0) is 71.6 Å². The molecule has 0 aliphatic heterocycles. The quantitative estimate of drug-likeness (QED) is 0.114. The zero-order valence-corrected chi connectivity index (χ0v) is 33.5. The first kappa shape index (κ1) is 38.9. The number of amides is 2. The SMILES string of the molecule is CC(C)CN(C(CO)c1ccc(N(C)C(=O)C(NC(=O)c2ccccc2)C(c2ccccc2)c2ccnc3ccccc23)s1)S(=O)(=O)c1ccc2ncsc2c1. The Bertz CT molecular complexity index is 2570. The van der Waals surface area contributed by atoms with Crippen LogP contribution in [0.3, 0.4) is 0 Å². The Balaban J connectivity index is 1.28. The smallest absolute Gasteiger partial charge is 0.251 e. The van der Waals surface area contributed by atoms with Gasteiger partial charge in [-0.2, -0.15) is 4.31 Å². The van der Waals surface area contributed by atoms with Crippen LogP contribution in [0.1, 0.15) is 52.2 Å². The summed E-state index contributed by atoms with van der Waals surface area (Å²) in [6, 6.07) is 34.3. The van der Waals surface area contributed by atoms with Gasteiger partial charge >= 0.3 is 0 Å². The van der Waals surface area contributed by atoms with Crippen LogP contribution in [0.15, 0.2) is 138 Å². The molecule has 0 aliphatic carbocycles. The summed E-state index contributed by atoms with van der Waals surface area (Å²) in [7, 11) is -2.42. The highest BCUT2D eigenvalue weighted by Crippen LogP contribution is 2.39. The van der Waals surface area contributed by atoms with Crippen LogP contribution in [0.4, 0.5) is 5.00 Å². The fraction of sp³-hybridized carbons (Fsp3) is 0.209. The molecular formula is C43H41N5O5S3. The maximum atomic E-state index is 15.0. The first-order valence-electron chi connectivity index (χ1n) is 18.1. The number of thiophene rings is 1. The molecule has 3 unspecified atom stereocenters. The van der Waals surface area contributed by atoms with Gasteiger partial charge in [-0.25, -0.2) is 13.4 Å². The molecule has 4 aromatic carbocycles. The van der Waals surface area contributed by atoms with Gasteiger partial charge in [0.05, 0.1) is 43.8 Å². The van der Waals surface area contributed by atoms with Crippen molar-refractivity contribution in [3.63, 3.8) is 0 Å². The lowest BCUT2D eigenvalue weighted by molar-refractivity contribution is -0.120. The molecule has 0 saturated carbocycles. The lowest BCUT2D eigenvalue weighted by Crippen LogP contribution is -2.51. The van der Waals surface area contributed by atoms with Crippen LogP contribution >= 0.6 is 22.7 Å². The average molecular weight is 804 g/mol. The van der Waals surface area contributed by atoms with E-state index in [9.17, 15) is 18.3 Å². The number of para-hydroxylation sites is 1. The van der Waals surface area contributed by atoms with Gasteiger partial charge in [-0.3, -0.25) is 14.6 Å². The number of carbonyl (C=O) groups excluding carboxylic acids is 2. The van der Waals surface area contributed by atoms with E-state index in [1.807, 2.05) is 80.6 Å². The van der Waals surface area contributed by atoms with Crippen molar-refractivity contribution >= 4 is 70.6 Å². The number of nitrogens with one attached hydrogen (secondary N) is 1. The molecule has 3 heterocycles. The molecule has 2 N–H and O–H groups in total. The number of rotatable bonds is 14. The van der Waals surface area contributed by atoms with E-state index in [2.05, 4.69) is 15.3 Å². The van der Waals surface area contributed by atoms with Crippen LogP contribution in [-0.4, -0.2) is 65.9 Å². The Morgan fingerprint density at radius 3 is 2.29 bits per heavy atom. The number of fused-ring (bicyclic) bond motifs is 2. The van der Waals surface area contributed by atoms with Crippen LogP contribution in [0, 0.1) is 5.92 Å². The van der Waals surface area contributed by atoms with Gasteiger partial charge in [0.15, 0.2) is 0 Å². The lowest BCUT2D eigenvalue weighted by Gasteiger charge is -2.32. The average Bonchev–Trinajstić information content (AvgIpc) is 3.91. The van der Waals surface area contributed by atoms with Crippen molar-refractivity contribution in [2.24, 2.45) is 5.92 Å². The minimum atomic E-state index is -4.07. The molecule has 13 heteroatoms. The molecule has 0 bridgehead atoms. The maximum Gasteiger partial charge on any atom is 0.251 e. The predicted octanol–water partition coefficient (Wildman–Crippen LogP) is 7.88. The minimum Gasteiger partial charge on any atom is -0.394 e. The summed E-state index contributed by atoms with van der Waals surface area (Å²) in [6.07, 6.45) is 1.71. The summed E-state index contributed by atoms with van der Waals surface area (Å²) >= 11 is 2.58. The number of benzene rings is 4. The van der Waals surface area contributed by atoms with Gasteiger partial charge in [-0.1, -0.05) is 80.6 Å². The van der Waals surface area contributed by atoms with E-state index in [0.717, 1.165) is 26.7 Å². The minimum absolute atomic E-state index is 0.0529. The van der Waals surface area contributed by atoms with E-state index < -0.39 is 40.5 Å². The van der Waals surface area contributed by atoms with Crippen molar-refractivity contribution in [1.29, 1.82) is 0 Å². The summed E-state index contributed by atoms with van der Waals surface area (Å²) in [6.45, 7) is 3.53. The molecule has 0 aliphatic rings. The van der Waals surface area contributed by atoms with Gasteiger partial charge in [0.2, 0.25) is 10.0 Å². The molecule has 0 radical (unpaired) electrons. The number of aromatic nitrogens is 2. The lowest BCUT2D eigenvalue weighted by atomic mass is 9.82. The summed E-state index contributed by atoms with van der Waals surface area (Å²) in [5, 5.41) is 15.3. The monoisotopic (exact) mass is 803 g/mol. The van der Waals surface area contributed by atoms with Gasteiger partial charge in [-0.15, -0.1) is 22.7 Å². The number of anilines is 1. The largest absolute Gasteiger partial charge is 0.394 e. The Labute approximate surface area is 334 Å². The van der Waals surface area contributed by atoms with E-state index in [4.69, 9.17) is 0 Å². The Kier molecular flexibility index (Phi) is 11.7. The summed E-state index contributed by atoms with van der Waals surface area (Å²) < 4.78 is 30.7. The number of pyridine rings is 1. The second-order valence-electron chi connectivity index (χ2n) is 13.8. The van der Waals surface area contributed by atoms with E-state index in [-0.39, 0.29) is 23.3 Å². The van der Waals surface area contributed by atoms with Crippen molar-refractivity contribution < 1.29 is 23.1 Å². The predicted molar refractivity (Wildman–Crippen MR) is 224 cm³/mol. The fourth-order valence-electron chi connectivity index (χ4n) is 6.93. The summed E-state index contributed by atoms with van der Waals surface area (Å²) in [5.41, 5.74) is 5.19. The van der Waals surface area contributed by atoms with Crippen LogP contribution in [0.5, 0.6) is 0 Å². The Morgan fingerprint density at radius 1 is 0.839 bits per heavy atom. The van der Waals surface area contributed by atoms with Gasteiger partial charge in [0.1, 0.15) is 6.04 Å². The maximum absolute atomic E-state index is 15.0. The molecule has 3 aromatic heterocycles. The van der Waals surface area contributed by atoms with E-state index in [1.54, 1.807) is 73.4 Å². The molecule has 3 atom stereocenters. The second-order valence-corrected chi connectivity index (χ2v) is 17.7. The van der Waals surface area contributed by atoms with E-state index in [1.165, 1.54) is 31.9 Å². The van der Waals surface area contributed by atoms with Crippen molar-refractivity contribution in [1.82, 2.24) is 19.6 Å². The standard InChI is InChI=1S/C43H41N5O5S3/c1-28(2)25-48(56(52,53)31-18-19-35-38(24-31)54-27-45-35)36(26-49)37-20-21-39(55-37)47(3)43(51)41(46-42(50)30-14-8-5-9-15-30)40(29-12-6-4-7-13-29)33-22-23-44-34-17-11-10-16-32(33)34/h4-24,27-28,36,40-41,49H,25-26H2,1-3H3,(H,46,50). The van der Waals surface area contributed by atoms with Gasteiger partial charge in [0.25, 0.3) is 11.8 Å². The molecule has 7 rings (SSSR count). The van der Waals surface area contributed by atoms with Crippen LogP contribution in [0.25, 0.3) is 21.1 Å². The van der Waals surface area contributed by atoms with Crippen LogP contribution in [-0.2, 0) is 14.8 Å².